The minimum atomic E-state index is -0.331. The van der Waals surface area contributed by atoms with Crippen LogP contribution in [0.1, 0.15) is 16.6 Å². The molecule has 3 rings (SSSR count). The Morgan fingerprint density at radius 2 is 2.00 bits per heavy atom. The highest BCUT2D eigenvalue weighted by molar-refractivity contribution is 9.10. The van der Waals surface area contributed by atoms with Crippen LogP contribution >= 0.6 is 27.3 Å². The van der Waals surface area contributed by atoms with E-state index in [9.17, 15) is 4.79 Å². The fraction of sp³-hybridized carbons (Fsp3) is 0.111. The standard InChI is InChI=1S/C18H15BrN2O2S/c1-2-23-18(22)17-13(20-16-10-6-9-15(19)21-16)11-14(24-17)12-7-4-3-5-8-12/h3-11H,2H2,1H3,(H,20,21). The van der Waals surface area contributed by atoms with Crippen molar-refractivity contribution in [3.63, 3.8) is 0 Å². The van der Waals surface area contributed by atoms with E-state index < -0.39 is 0 Å². The van der Waals surface area contributed by atoms with Gasteiger partial charge in [-0.05, 0) is 46.6 Å². The van der Waals surface area contributed by atoms with Crippen molar-refractivity contribution in [1.29, 1.82) is 0 Å². The molecule has 122 valence electrons. The SMILES string of the molecule is CCOC(=O)c1sc(-c2ccccc2)cc1Nc1cccc(Br)n1. The van der Waals surface area contributed by atoms with Gasteiger partial charge in [-0.15, -0.1) is 11.3 Å². The number of anilines is 2. The Bertz CT molecular complexity index is 849. The molecular weight excluding hydrogens is 388 g/mol. The predicted octanol–water partition coefficient (Wildman–Crippen LogP) is 5.49. The maximum absolute atomic E-state index is 12.3. The van der Waals surface area contributed by atoms with Crippen LogP contribution in [-0.4, -0.2) is 17.6 Å². The Hall–Kier alpha value is -2.18. The van der Waals surface area contributed by atoms with E-state index in [0.717, 1.165) is 15.0 Å². The van der Waals surface area contributed by atoms with Gasteiger partial charge in [0.1, 0.15) is 15.3 Å². The summed E-state index contributed by atoms with van der Waals surface area (Å²) < 4.78 is 5.91. The number of carbonyl (C=O) groups is 1. The molecule has 1 aromatic carbocycles. The fourth-order valence-electron chi connectivity index (χ4n) is 2.19. The molecule has 0 bridgehead atoms. The van der Waals surface area contributed by atoms with Crippen LogP contribution in [0.25, 0.3) is 10.4 Å². The van der Waals surface area contributed by atoms with Gasteiger partial charge in [-0.1, -0.05) is 36.4 Å². The van der Waals surface area contributed by atoms with Gasteiger partial charge in [-0.2, -0.15) is 0 Å². The number of nitrogens with one attached hydrogen (secondary N) is 1. The first-order valence-electron chi connectivity index (χ1n) is 7.43. The Morgan fingerprint density at radius 3 is 2.71 bits per heavy atom. The number of benzene rings is 1. The molecule has 1 N–H and O–H groups in total. The molecule has 3 aromatic rings. The number of thiophene rings is 1. The van der Waals surface area contributed by atoms with E-state index in [-0.39, 0.29) is 5.97 Å². The molecule has 0 radical (unpaired) electrons. The van der Waals surface area contributed by atoms with Crippen molar-refractivity contribution in [2.75, 3.05) is 11.9 Å². The van der Waals surface area contributed by atoms with Gasteiger partial charge in [0.15, 0.2) is 0 Å². The lowest BCUT2D eigenvalue weighted by atomic mass is 10.2. The van der Waals surface area contributed by atoms with Crippen LogP contribution in [-0.2, 0) is 4.74 Å². The van der Waals surface area contributed by atoms with Crippen LogP contribution in [0.2, 0.25) is 0 Å². The maximum Gasteiger partial charge on any atom is 0.350 e. The molecule has 2 aromatic heterocycles. The average Bonchev–Trinajstić information content (AvgIpc) is 3.00. The van der Waals surface area contributed by atoms with Gasteiger partial charge in [0.05, 0.1) is 12.3 Å². The minimum absolute atomic E-state index is 0.331. The predicted molar refractivity (Wildman–Crippen MR) is 101 cm³/mol. The number of rotatable bonds is 5. The zero-order chi connectivity index (χ0) is 16.9. The number of aromatic nitrogens is 1. The second-order valence-electron chi connectivity index (χ2n) is 4.91. The van der Waals surface area contributed by atoms with Crippen LogP contribution in [0, 0.1) is 0 Å². The fourth-order valence-corrected chi connectivity index (χ4v) is 3.55. The highest BCUT2D eigenvalue weighted by atomic mass is 79.9. The summed E-state index contributed by atoms with van der Waals surface area (Å²) >= 11 is 4.76. The molecule has 0 amide bonds. The van der Waals surface area contributed by atoms with E-state index in [1.165, 1.54) is 11.3 Å². The lowest BCUT2D eigenvalue weighted by Crippen LogP contribution is -2.05. The van der Waals surface area contributed by atoms with Crippen molar-refractivity contribution in [2.45, 2.75) is 6.92 Å². The summed E-state index contributed by atoms with van der Waals surface area (Å²) in [6.45, 7) is 2.14. The summed E-state index contributed by atoms with van der Waals surface area (Å²) in [5.74, 6) is 0.328. The Labute approximate surface area is 152 Å². The van der Waals surface area contributed by atoms with Crippen LogP contribution in [0.15, 0.2) is 59.2 Å². The van der Waals surface area contributed by atoms with Crippen molar-refractivity contribution in [3.8, 4) is 10.4 Å². The second kappa shape index (κ2) is 7.59. The van der Waals surface area contributed by atoms with Gasteiger partial charge in [0.2, 0.25) is 0 Å². The third-order valence-corrected chi connectivity index (χ3v) is 4.83. The zero-order valence-electron chi connectivity index (χ0n) is 13.0. The van der Waals surface area contributed by atoms with Gasteiger partial charge >= 0.3 is 5.97 Å². The first-order valence-corrected chi connectivity index (χ1v) is 9.04. The van der Waals surface area contributed by atoms with Gasteiger partial charge in [0, 0.05) is 4.88 Å². The third kappa shape index (κ3) is 3.83. The van der Waals surface area contributed by atoms with Crippen LogP contribution < -0.4 is 5.32 Å². The summed E-state index contributed by atoms with van der Waals surface area (Å²) in [4.78, 5) is 18.2. The number of hydrogen-bond acceptors (Lipinski definition) is 5. The molecule has 0 aliphatic carbocycles. The smallest absolute Gasteiger partial charge is 0.350 e. The highest BCUT2D eigenvalue weighted by Gasteiger charge is 2.18. The van der Waals surface area contributed by atoms with Crippen molar-refractivity contribution >= 4 is 44.7 Å². The Balaban J connectivity index is 1.99. The van der Waals surface area contributed by atoms with Crippen LogP contribution in [0.4, 0.5) is 11.5 Å². The molecule has 0 fully saturated rings. The number of nitrogens with zero attached hydrogens (tertiary/aromatic N) is 1. The van der Waals surface area contributed by atoms with E-state index in [2.05, 4.69) is 26.2 Å². The summed E-state index contributed by atoms with van der Waals surface area (Å²) in [6, 6.07) is 17.5. The molecule has 24 heavy (non-hydrogen) atoms. The Kier molecular flexibility index (Phi) is 5.27. The number of carbonyl (C=O) groups excluding carboxylic acids is 1. The highest BCUT2D eigenvalue weighted by Crippen LogP contribution is 2.36. The topological polar surface area (TPSA) is 51.2 Å². The van der Waals surface area contributed by atoms with Gasteiger partial charge in [0.25, 0.3) is 0 Å². The lowest BCUT2D eigenvalue weighted by Gasteiger charge is -2.06. The van der Waals surface area contributed by atoms with Gasteiger partial charge in [-0.25, -0.2) is 9.78 Å². The summed E-state index contributed by atoms with van der Waals surface area (Å²) in [7, 11) is 0. The quantitative estimate of drug-likeness (QED) is 0.452. The van der Waals surface area contributed by atoms with Crippen molar-refractivity contribution < 1.29 is 9.53 Å². The molecule has 0 saturated heterocycles. The molecule has 4 nitrogen and oxygen atoms in total. The molecule has 0 aliphatic heterocycles. The molecular formula is C18H15BrN2O2S. The van der Waals surface area contributed by atoms with Crippen LogP contribution in [0.3, 0.4) is 0 Å². The Morgan fingerprint density at radius 1 is 1.21 bits per heavy atom. The van der Waals surface area contributed by atoms with E-state index in [4.69, 9.17) is 4.74 Å². The third-order valence-electron chi connectivity index (χ3n) is 3.23. The molecule has 0 aliphatic rings. The number of esters is 1. The maximum atomic E-state index is 12.3. The summed E-state index contributed by atoms with van der Waals surface area (Å²) in [5.41, 5.74) is 1.76. The van der Waals surface area contributed by atoms with E-state index in [0.29, 0.717) is 23.0 Å². The summed E-state index contributed by atoms with van der Waals surface area (Å²) in [5, 5.41) is 3.21. The van der Waals surface area contributed by atoms with Crippen molar-refractivity contribution in [2.24, 2.45) is 0 Å². The van der Waals surface area contributed by atoms with Crippen molar-refractivity contribution in [1.82, 2.24) is 4.98 Å². The van der Waals surface area contributed by atoms with Gasteiger partial charge in [-0.3, -0.25) is 0 Å². The molecule has 0 spiro atoms. The van der Waals surface area contributed by atoms with Gasteiger partial charge < -0.3 is 10.1 Å². The van der Waals surface area contributed by atoms with Crippen molar-refractivity contribution in [3.05, 3.63) is 64.1 Å². The second-order valence-corrected chi connectivity index (χ2v) is 6.78. The average molecular weight is 403 g/mol. The first-order chi connectivity index (χ1) is 11.7. The largest absolute Gasteiger partial charge is 0.462 e. The number of halogens is 1. The zero-order valence-corrected chi connectivity index (χ0v) is 15.4. The normalized spacial score (nSPS) is 10.4. The lowest BCUT2D eigenvalue weighted by molar-refractivity contribution is 0.0533. The first kappa shape index (κ1) is 16.7. The summed E-state index contributed by atoms with van der Waals surface area (Å²) in [6.07, 6.45) is 0. The molecule has 0 unspecified atom stereocenters. The number of ether oxygens (including phenoxy) is 1. The number of hydrogen-bond donors (Lipinski definition) is 1. The minimum Gasteiger partial charge on any atom is -0.462 e. The monoisotopic (exact) mass is 402 g/mol. The molecule has 2 heterocycles. The van der Waals surface area contributed by atoms with E-state index >= 15 is 0 Å². The number of pyridine rings is 1. The molecule has 6 heteroatoms. The van der Waals surface area contributed by atoms with E-state index in [1.54, 1.807) is 6.92 Å². The molecule has 0 saturated carbocycles. The van der Waals surface area contributed by atoms with E-state index in [1.807, 2.05) is 54.6 Å². The molecule has 0 atom stereocenters. The van der Waals surface area contributed by atoms with Crippen LogP contribution in [0.5, 0.6) is 0 Å².